The van der Waals surface area contributed by atoms with E-state index in [0.29, 0.717) is 35.4 Å². The number of amides is 2. The Morgan fingerprint density at radius 1 is 1.33 bits per heavy atom. The predicted molar refractivity (Wildman–Crippen MR) is 117 cm³/mol. The van der Waals surface area contributed by atoms with E-state index in [1.54, 1.807) is 39.4 Å². The van der Waals surface area contributed by atoms with Crippen LogP contribution in [0.5, 0.6) is 5.75 Å². The van der Waals surface area contributed by atoms with Gasteiger partial charge < -0.3 is 15.0 Å². The fourth-order valence-corrected chi connectivity index (χ4v) is 3.92. The van der Waals surface area contributed by atoms with Crippen LogP contribution >= 0.6 is 0 Å². The van der Waals surface area contributed by atoms with Crippen molar-refractivity contribution in [2.24, 2.45) is 5.92 Å². The van der Waals surface area contributed by atoms with Gasteiger partial charge in [0.25, 0.3) is 5.91 Å². The first-order chi connectivity index (χ1) is 14.4. The van der Waals surface area contributed by atoms with Crippen molar-refractivity contribution in [3.63, 3.8) is 0 Å². The number of hydrogen-bond donors (Lipinski definition) is 1. The Balaban J connectivity index is 1.84. The highest BCUT2D eigenvalue weighted by molar-refractivity contribution is 6.01. The summed E-state index contributed by atoms with van der Waals surface area (Å²) in [5, 5.41) is 8.56. The van der Waals surface area contributed by atoms with Gasteiger partial charge in [0.2, 0.25) is 6.41 Å². The van der Waals surface area contributed by atoms with Crippen LogP contribution in [0.2, 0.25) is 0 Å². The first-order valence-electron chi connectivity index (χ1n) is 10.3. The minimum Gasteiger partial charge on any atom is -0.496 e. The predicted octanol–water partition coefficient (Wildman–Crippen LogP) is 4.03. The third-order valence-corrected chi connectivity index (χ3v) is 5.64. The number of methoxy groups -OCH3 is 1. The third-order valence-electron chi connectivity index (χ3n) is 5.64. The average molecular weight is 411 g/mol. The number of hydrogen-bond acceptors (Lipinski definition) is 4. The molecule has 1 N–H and O–H groups in total. The van der Waals surface area contributed by atoms with Gasteiger partial charge in [0.1, 0.15) is 5.75 Å². The summed E-state index contributed by atoms with van der Waals surface area (Å²) < 4.78 is 7.53. The number of carbonyl (C=O) groups excluding carboxylic acids is 2. The Morgan fingerprint density at radius 2 is 2.10 bits per heavy atom. The van der Waals surface area contributed by atoms with Gasteiger partial charge in [-0.15, -0.1) is 0 Å². The van der Waals surface area contributed by atoms with Crippen LogP contribution in [0, 0.1) is 5.92 Å². The van der Waals surface area contributed by atoms with Crippen molar-refractivity contribution in [2.45, 2.75) is 45.6 Å². The summed E-state index contributed by atoms with van der Waals surface area (Å²) in [6.45, 7) is 4.07. The largest absolute Gasteiger partial charge is 0.496 e. The highest BCUT2D eigenvalue weighted by Gasteiger charge is 2.24. The molecule has 2 aromatic rings. The fourth-order valence-electron chi connectivity index (χ4n) is 3.92. The van der Waals surface area contributed by atoms with Gasteiger partial charge in [-0.25, -0.2) is 0 Å². The molecule has 1 aliphatic rings. The highest BCUT2D eigenvalue weighted by Crippen LogP contribution is 2.34. The van der Waals surface area contributed by atoms with Crippen LogP contribution in [-0.4, -0.2) is 41.2 Å². The molecule has 1 aromatic heterocycles. The zero-order valence-corrected chi connectivity index (χ0v) is 18.1. The third kappa shape index (κ3) is 4.90. The van der Waals surface area contributed by atoms with Gasteiger partial charge in [-0.2, -0.15) is 5.10 Å². The number of aromatic nitrogens is 2. The summed E-state index contributed by atoms with van der Waals surface area (Å²) >= 11 is 0. The molecular weight excluding hydrogens is 380 g/mol. The van der Waals surface area contributed by atoms with E-state index in [4.69, 9.17) is 9.84 Å². The number of carbonyl (C=O) groups is 2. The summed E-state index contributed by atoms with van der Waals surface area (Å²) in [6.07, 6.45) is 12.6. The summed E-state index contributed by atoms with van der Waals surface area (Å²) in [5.41, 5.74) is 1.95. The van der Waals surface area contributed by atoms with Crippen molar-refractivity contribution in [3.8, 4) is 5.75 Å². The molecule has 0 spiro atoms. The van der Waals surface area contributed by atoms with Crippen LogP contribution < -0.4 is 10.1 Å². The standard InChI is InChI=1S/C23H30N4O3/c1-16-8-5-6-10-21(16)27-14-18-12-19(22(30-4)13-20(18)25-27)23(29)24-17(2)9-7-11-26(3)15-28/h7,9,11-16,21H,5-6,8,10H2,1-4H3,(H,24,29)/b11-7-,17-9+. The van der Waals surface area contributed by atoms with Gasteiger partial charge >= 0.3 is 0 Å². The van der Waals surface area contributed by atoms with Crippen LogP contribution in [0.3, 0.4) is 0 Å². The average Bonchev–Trinajstić information content (AvgIpc) is 3.15. The molecule has 2 atom stereocenters. The van der Waals surface area contributed by atoms with Crippen LogP contribution in [0.4, 0.5) is 0 Å². The molecule has 1 aliphatic carbocycles. The van der Waals surface area contributed by atoms with E-state index in [1.807, 2.05) is 18.3 Å². The van der Waals surface area contributed by atoms with Gasteiger partial charge in [0, 0.05) is 36.6 Å². The number of nitrogens with zero attached hydrogens (tertiary/aromatic N) is 3. The van der Waals surface area contributed by atoms with Gasteiger partial charge in [0.15, 0.2) is 0 Å². The molecule has 2 amide bonds. The van der Waals surface area contributed by atoms with Gasteiger partial charge in [-0.3, -0.25) is 14.3 Å². The van der Waals surface area contributed by atoms with Gasteiger partial charge in [-0.1, -0.05) is 19.8 Å². The van der Waals surface area contributed by atoms with E-state index in [9.17, 15) is 9.59 Å². The maximum Gasteiger partial charge on any atom is 0.259 e. The van der Waals surface area contributed by atoms with Crippen molar-refractivity contribution in [3.05, 3.63) is 47.9 Å². The first-order valence-corrected chi connectivity index (χ1v) is 10.3. The number of ether oxygens (including phenoxy) is 1. The number of fused-ring (bicyclic) bond motifs is 1. The lowest BCUT2D eigenvalue weighted by Gasteiger charge is -2.28. The number of allylic oxidation sites excluding steroid dienone is 3. The molecule has 0 aliphatic heterocycles. The minimum atomic E-state index is -0.251. The molecule has 2 unspecified atom stereocenters. The monoisotopic (exact) mass is 410 g/mol. The molecule has 0 saturated heterocycles. The van der Waals surface area contributed by atoms with E-state index in [2.05, 4.69) is 16.9 Å². The summed E-state index contributed by atoms with van der Waals surface area (Å²) in [6, 6.07) is 4.06. The normalized spacial score (nSPS) is 19.8. The van der Waals surface area contributed by atoms with Crippen molar-refractivity contribution in [1.82, 2.24) is 20.0 Å². The fraction of sp³-hybridized carbons (Fsp3) is 0.435. The van der Waals surface area contributed by atoms with E-state index >= 15 is 0 Å². The Hall–Kier alpha value is -3.09. The van der Waals surface area contributed by atoms with Crippen LogP contribution in [0.15, 0.2) is 42.4 Å². The summed E-state index contributed by atoms with van der Waals surface area (Å²) in [7, 11) is 3.19. The minimum absolute atomic E-state index is 0.251. The highest BCUT2D eigenvalue weighted by atomic mass is 16.5. The number of nitrogens with one attached hydrogen (secondary N) is 1. The van der Waals surface area contributed by atoms with E-state index in [1.165, 1.54) is 24.2 Å². The lowest BCUT2D eigenvalue weighted by molar-refractivity contribution is -0.114. The molecule has 160 valence electrons. The second-order valence-electron chi connectivity index (χ2n) is 7.97. The van der Waals surface area contributed by atoms with Crippen molar-refractivity contribution in [1.29, 1.82) is 0 Å². The van der Waals surface area contributed by atoms with E-state index in [-0.39, 0.29) is 5.91 Å². The maximum atomic E-state index is 12.8. The second kappa shape index (κ2) is 9.61. The Labute approximate surface area is 177 Å². The van der Waals surface area contributed by atoms with Crippen molar-refractivity contribution >= 4 is 23.2 Å². The van der Waals surface area contributed by atoms with Crippen molar-refractivity contribution in [2.75, 3.05) is 14.2 Å². The lowest BCUT2D eigenvalue weighted by atomic mass is 9.86. The Morgan fingerprint density at radius 3 is 2.80 bits per heavy atom. The molecule has 7 heteroatoms. The second-order valence-corrected chi connectivity index (χ2v) is 7.97. The molecule has 30 heavy (non-hydrogen) atoms. The Bertz CT molecular complexity index is 976. The van der Waals surface area contributed by atoms with Crippen molar-refractivity contribution < 1.29 is 14.3 Å². The molecule has 1 saturated carbocycles. The van der Waals surface area contributed by atoms with Gasteiger partial charge in [0.05, 0.1) is 24.2 Å². The van der Waals surface area contributed by atoms with Crippen LogP contribution in [-0.2, 0) is 4.79 Å². The van der Waals surface area contributed by atoms with E-state index < -0.39 is 0 Å². The summed E-state index contributed by atoms with van der Waals surface area (Å²) in [5.74, 6) is 0.834. The molecular formula is C23H30N4O3. The molecule has 0 radical (unpaired) electrons. The quantitative estimate of drug-likeness (QED) is 0.552. The molecule has 1 heterocycles. The van der Waals surface area contributed by atoms with Gasteiger partial charge in [-0.05, 0) is 43.9 Å². The number of rotatable bonds is 7. The van der Waals surface area contributed by atoms with E-state index in [0.717, 1.165) is 17.3 Å². The maximum absolute atomic E-state index is 12.8. The molecule has 1 fully saturated rings. The zero-order chi connectivity index (χ0) is 21.7. The SMILES string of the molecule is COc1cc2nn(C3CCCCC3C)cc2cc1C(=O)N/C(C)=C/C=C\N(C)C=O. The Kier molecular flexibility index (Phi) is 6.92. The topological polar surface area (TPSA) is 76.5 Å². The van der Waals surface area contributed by atoms with Crippen LogP contribution in [0.1, 0.15) is 55.9 Å². The molecule has 1 aromatic carbocycles. The smallest absolute Gasteiger partial charge is 0.259 e. The lowest BCUT2D eigenvalue weighted by Crippen LogP contribution is -2.22. The zero-order valence-electron chi connectivity index (χ0n) is 18.1. The molecule has 7 nitrogen and oxygen atoms in total. The number of benzene rings is 1. The molecule has 0 bridgehead atoms. The van der Waals surface area contributed by atoms with Crippen LogP contribution in [0.25, 0.3) is 10.9 Å². The first kappa shape index (κ1) is 21.6. The summed E-state index contributed by atoms with van der Waals surface area (Å²) in [4.78, 5) is 24.8. The molecule has 3 rings (SSSR count).